The van der Waals surface area contributed by atoms with Gasteiger partial charge in [-0.3, -0.25) is 14.9 Å². The highest BCUT2D eigenvalue weighted by atomic mass is 32.2. The fourth-order valence-electron chi connectivity index (χ4n) is 3.38. The fraction of sp³-hybridized carbons (Fsp3) is 0.611. The number of benzene rings is 1. The van der Waals surface area contributed by atoms with Gasteiger partial charge in [-0.2, -0.15) is 0 Å². The zero-order valence-corrected chi connectivity index (χ0v) is 16.8. The minimum atomic E-state index is -3.33. The van der Waals surface area contributed by atoms with Crippen LogP contribution in [0.3, 0.4) is 0 Å². The Labute approximate surface area is 160 Å². The molecule has 1 heterocycles. The molecule has 1 fully saturated rings. The molecule has 0 radical (unpaired) electrons. The number of non-ortho nitro benzene ring substituents is 1. The summed E-state index contributed by atoms with van der Waals surface area (Å²) in [4.78, 5) is 25.0. The van der Waals surface area contributed by atoms with Gasteiger partial charge in [-0.25, -0.2) is 12.7 Å². The third kappa shape index (κ3) is 5.04. The van der Waals surface area contributed by atoms with Crippen LogP contribution in [-0.2, 0) is 14.8 Å². The van der Waals surface area contributed by atoms with Crippen LogP contribution in [-0.4, -0.2) is 54.3 Å². The van der Waals surface area contributed by atoms with Gasteiger partial charge >= 0.3 is 0 Å². The van der Waals surface area contributed by atoms with Crippen LogP contribution in [0.4, 0.5) is 5.69 Å². The van der Waals surface area contributed by atoms with Crippen LogP contribution >= 0.6 is 0 Å². The fourth-order valence-corrected chi connectivity index (χ4v) is 4.97. The Bertz CT molecular complexity index is 796. The van der Waals surface area contributed by atoms with Gasteiger partial charge in [-0.05, 0) is 31.7 Å². The number of amides is 1. The van der Waals surface area contributed by atoms with E-state index in [9.17, 15) is 23.3 Å². The molecule has 0 bridgehead atoms. The molecular formula is C18H27N3O5S. The normalized spacial score (nSPS) is 19.4. The van der Waals surface area contributed by atoms with E-state index in [0.29, 0.717) is 31.4 Å². The number of piperidine rings is 1. The molecule has 0 spiro atoms. The van der Waals surface area contributed by atoms with Gasteiger partial charge in [0.15, 0.2) is 0 Å². The second kappa shape index (κ2) is 8.79. The molecule has 1 amide bonds. The van der Waals surface area contributed by atoms with Gasteiger partial charge in [-0.15, -0.1) is 0 Å². The Kier molecular flexibility index (Phi) is 6.94. The first kappa shape index (κ1) is 21.3. The molecule has 0 aromatic heterocycles. The van der Waals surface area contributed by atoms with Crippen molar-refractivity contribution >= 4 is 21.6 Å². The summed E-state index contributed by atoms with van der Waals surface area (Å²) in [5.41, 5.74) is 0.654. The summed E-state index contributed by atoms with van der Waals surface area (Å²) in [7, 11) is -1.67. The van der Waals surface area contributed by atoms with E-state index in [-0.39, 0.29) is 29.9 Å². The summed E-state index contributed by atoms with van der Waals surface area (Å²) in [6.07, 6.45) is 1.84. The smallest absolute Gasteiger partial charge is 0.269 e. The molecule has 8 nitrogen and oxygen atoms in total. The van der Waals surface area contributed by atoms with E-state index in [1.807, 2.05) is 13.8 Å². The molecule has 9 heteroatoms. The van der Waals surface area contributed by atoms with Crippen LogP contribution in [0.15, 0.2) is 24.3 Å². The SMILES string of the molecule is CCCS(=O)(=O)N1CCCC(C(=O)N(C)C(C)c2cccc([N+](=O)[O-])c2)C1. The molecule has 1 aliphatic rings. The average molecular weight is 397 g/mol. The molecule has 1 saturated heterocycles. The Morgan fingerprint density at radius 1 is 1.44 bits per heavy atom. The summed E-state index contributed by atoms with van der Waals surface area (Å²) in [5.74, 6) is -0.435. The zero-order valence-electron chi connectivity index (χ0n) is 16.0. The van der Waals surface area contributed by atoms with Crippen LogP contribution in [0, 0.1) is 16.0 Å². The van der Waals surface area contributed by atoms with E-state index in [2.05, 4.69) is 0 Å². The molecule has 2 unspecified atom stereocenters. The number of carbonyl (C=O) groups excluding carboxylic acids is 1. The first-order valence-electron chi connectivity index (χ1n) is 9.16. The number of nitrogens with zero attached hydrogens (tertiary/aromatic N) is 3. The van der Waals surface area contributed by atoms with Crippen molar-refractivity contribution in [1.82, 2.24) is 9.21 Å². The monoisotopic (exact) mass is 397 g/mol. The standard InChI is InChI=1S/C18H27N3O5S/c1-4-11-27(25,26)20-10-6-8-16(13-20)18(22)19(3)14(2)15-7-5-9-17(12-15)21(23)24/h5,7,9,12,14,16H,4,6,8,10-11,13H2,1-3H3. The molecule has 0 saturated carbocycles. The number of nitro groups is 1. The quantitative estimate of drug-likeness (QED) is 0.520. The molecule has 150 valence electrons. The lowest BCUT2D eigenvalue weighted by Crippen LogP contribution is -2.46. The Balaban J connectivity index is 2.12. The topological polar surface area (TPSA) is 101 Å². The van der Waals surface area contributed by atoms with Gasteiger partial charge in [-0.1, -0.05) is 19.1 Å². The van der Waals surface area contributed by atoms with Crippen molar-refractivity contribution in [3.8, 4) is 0 Å². The van der Waals surface area contributed by atoms with Crippen LogP contribution in [0.25, 0.3) is 0 Å². The van der Waals surface area contributed by atoms with Crippen LogP contribution in [0.2, 0.25) is 0 Å². The Morgan fingerprint density at radius 3 is 2.78 bits per heavy atom. The second-order valence-corrected chi connectivity index (χ2v) is 9.08. The average Bonchev–Trinajstić information content (AvgIpc) is 2.66. The van der Waals surface area contributed by atoms with Crippen molar-refractivity contribution in [2.75, 3.05) is 25.9 Å². The maximum absolute atomic E-state index is 12.9. The summed E-state index contributed by atoms with van der Waals surface area (Å²) in [5, 5.41) is 11.0. The molecular weight excluding hydrogens is 370 g/mol. The third-order valence-corrected chi connectivity index (χ3v) is 7.12. The molecule has 2 rings (SSSR count). The molecule has 0 aliphatic carbocycles. The summed E-state index contributed by atoms with van der Waals surface area (Å²) < 4.78 is 26.1. The zero-order chi connectivity index (χ0) is 20.2. The molecule has 1 aliphatic heterocycles. The predicted octanol–water partition coefficient (Wildman–Crippen LogP) is 2.57. The van der Waals surface area contributed by atoms with Gasteiger partial charge in [0.05, 0.1) is 22.6 Å². The maximum Gasteiger partial charge on any atom is 0.269 e. The molecule has 1 aromatic carbocycles. The van der Waals surface area contributed by atoms with Crippen molar-refractivity contribution in [3.63, 3.8) is 0 Å². The van der Waals surface area contributed by atoms with Gasteiger partial charge < -0.3 is 4.90 Å². The second-order valence-electron chi connectivity index (χ2n) is 6.99. The van der Waals surface area contributed by atoms with Gasteiger partial charge in [0.2, 0.25) is 15.9 Å². The number of sulfonamides is 1. The van der Waals surface area contributed by atoms with Crippen molar-refractivity contribution in [1.29, 1.82) is 0 Å². The van der Waals surface area contributed by atoms with Gasteiger partial charge in [0, 0.05) is 32.3 Å². The van der Waals surface area contributed by atoms with Crippen LogP contribution < -0.4 is 0 Å². The van der Waals surface area contributed by atoms with Crippen molar-refractivity contribution in [3.05, 3.63) is 39.9 Å². The minimum absolute atomic E-state index is 0.0188. The number of carbonyl (C=O) groups is 1. The number of hydrogen-bond donors (Lipinski definition) is 0. The molecule has 1 aromatic rings. The van der Waals surface area contributed by atoms with Gasteiger partial charge in [0.1, 0.15) is 0 Å². The lowest BCUT2D eigenvalue weighted by atomic mass is 9.96. The summed E-state index contributed by atoms with van der Waals surface area (Å²) in [6.45, 7) is 4.29. The molecule has 0 N–H and O–H groups in total. The van der Waals surface area contributed by atoms with E-state index < -0.39 is 20.9 Å². The van der Waals surface area contributed by atoms with E-state index in [0.717, 1.165) is 0 Å². The highest BCUT2D eigenvalue weighted by Crippen LogP contribution is 2.27. The van der Waals surface area contributed by atoms with E-state index in [1.54, 1.807) is 24.1 Å². The summed E-state index contributed by atoms with van der Waals surface area (Å²) >= 11 is 0. The van der Waals surface area contributed by atoms with Gasteiger partial charge in [0.25, 0.3) is 5.69 Å². The molecule has 27 heavy (non-hydrogen) atoms. The highest BCUT2D eigenvalue weighted by molar-refractivity contribution is 7.89. The van der Waals surface area contributed by atoms with Crippen molar-refractivity contribution < 1.29 is 18.1 Å². The van der Waals surface area contributed by atoms with E-state index in [4.69, 9.17) is 0 Å². The number of hydrogen-bond acceptors (Lipinski definition) is 5. The summed E-state index contributed by atoms with van der Waals surface area (Å²) in [6, 6.07) is 5.88. The van der Waals surface area contributed by atoms with Crippen LogP contribution in [0.5, 0.6) is 0 Å². The largest absolute Gasteiger partial charge is 0.339 e. The number of nitro benzene ring substituents is 1. The minimum Gasteiger partial charge on any atom is -0.339 e. The predicted molar refractivity (Wildman–Crippen MR) is 103 cm³/mol. The maximum atomic E-state index is 12.9. The molecule has 2 atom stereocenters. The first-order chi connectivity index (χ1) is 12.7. The lowest BCUT2D eigenvalue weighted by molar-refractivity contribution is -0.384. The number of rotatable bonds is 7. The van der Waals surface area contributed by atoms with E-state index in [1.165, 1.54) is 16.4 Å². The van der Waals surface area contributed by atoms with Crippen molar-refractivity contribution in [2.24, 2.45) is 5.92 Å². The lowest BCUT2D eigenvalue weighted by Gasteiger charge is -2.35. The highest BCUT2D eigenvalue weighted by Gasteiger charge is 2.34. The van der Waals surface area contributed by atoms with E-state index >= 15 is 0 Å². The Morgan fingerprint density at radius 2 is 2.15 bits per heavy atom. The third-order valence-electron chi connectivity index (χ3n) is 5.08. The van der Waals surface area contributed by atoms with Crippen LogP contribution in [0.1, 0.15) is 44.7 Å². The first-order valence-corrected chi connectivity index (χ1v) is 10.8. The Hall–Kier alpha value is -2.00. The van der Waals surface area contributed by atoms with Crippen molar-refractivity contribution in [2.45, 2.75) is 39.2 Å².